The summed E-state index contributed by atoms with van der Waals surface area (Å²) < 4.78 is 26.2. The number of hydrogen-bond donors (Lipinski definition) is 2. The van der Waals surface area contributed by atoms with E-state index in [1.54, 1.807) is 0 Å². The van der Waals surface area contributed by atoms with Crippen LogP contribution in [0.3, 0.4) is 0 Å². The van der Waals surface area contributed by atoms with Gasteiger partial charge in [0.15, 0.2) is 0 Å². The Bertz CT molecular complexity index is 318. The predicted octanol–water partition coefficient (Wildman–Crippen LogP) is 2.91. The van der Waals surface area contributed by atoms with Gasteiger partial charge < -0.3 is 0 Å². The van der Waals surface area contributed by atoms with E-state index in [2.05, 4.69) is 5.43 Å². The molecule has 0 amide bonds. The number of hydrogen-bond acceptors (Lipinski definition) is 2. The van der Waals surface area contributed by atoms with Crippen LogP contribution in [0.2, 0.25) is 0 Å². The molecule has 1 aromatic carbocycles. The van der Waals surface area contributed by atoms with Crippen LogP contribution in [0.5, 0.6) is 0 Å². The maximum absolute atomic E-state index is 13.1. The van der Waals surface area contributed by atoms with Gasteiger partial charge in [-0.1, -0.05) is 26.7 Å². The zero-order valence-electron chi connectivity index (χ0n) is 9.63. The van der Waals surface area contributed by atoms with Crippen LogP contribution < -0.4 is 11.3 Å². The van der Waals surface area contributed by atoms with Crippen molar-refractivity contribution in [1.82, 2.24) is 5.43 Å². The van der Waals surface area contributed by atoms with Gasteiger partial charge in [0, 0.05) is 12.1 Å². The van der Waals surface area contributed by atoms with Crippen molar-refractivity contribution < 1.29 is 8.78 Å². The third-order valence-corrected chi connectivity index (χ3v) is 2.94. The Kier molecular flexibility index (Phi) is 4.83. The summed E-state index contributed by atoms with van der Waals surface area (Å²) in [7, 11) is 0. The van der Waals surface area contributed by atoms with Gasteiger partial charge in [0.2, 0.25) is 0 Å². The Labute approximate surface area is 94.8 Å². The Morgan fingerprint density at radius 1 is 1.12 bits per heavy atom. The zero-order chi connectivity index (χ0) is 12.1. The number of benzene rings is 1. The van der Waals surface area contributed by atoms with Crippen molar-refractivity contribution >= 4 is 0 Å². The average molecular weight is 228 g/mol. The van der Waals surface area contributed by atoms with E-state index in [0.717, 1.165) is 18.9 Å². The summed E-state index contributed by atoms with van der Waals surface area (Å²) >= 11 is 0. The van der Waals surface area contributed by atoms with Crippen LogP contribution in [0.1, 0.15) is 38.3 Å². The standard InChI is InChI=1S/C12H18F2N2/c1-3-8(4-2)12(16-15)9-5-10(13)7-11(14)6-9/h5-8,12,16H,3-4,15H2,1-2H3. The van der Waals surface area contributed by atoms with Crippen molar-refractivity contribution in [2.45, 2.75) is 32.7 Å². The lowest BCUT2D eigenvalue weighted by atomic mass is 9.89. The summed E-state index contributed by atoms with van der Waals surface area (Å²) in [6.07, 6.45) is 1.81. The molecule has 1 aromatic rings. The van der Waals surface area contributed by atoms with Crippen molar-refractivity contribution in [3.05, 3.63) is 35.4 Å². The summed E-state index contributed by atoms with van der Waals surface area (Å²) in [6, 6.07) is 3.31. The van der Waals surface area contributed by atoms with Gasteiger partial charge in [-0.3, -0.25) is 11.3 Å². The van der Waals surface area contributed by atoms with E-state index in [-0.39, 0.29) is 12.0 Å². The van der Waals surface area contributed by atoms with Crippen molar-refractivity contribution in [3.63, 3.8) is 0 Å². The first kappa shape index (κ1) is 13.1. The van der Waals surface area contributed by atoms with Crippen LogP contribution in [0, 0.1) is 17.6 Å². The van der Waals surface area contributed by atoms with Crippen LogP contribution in [-0.4, -0.2) is 0 Å². The summed E-state index contributed by atoms with van der Waals surface area (Å²) in [4.78, 5) is 0. The van der Waals surface area contributed by atoms with Crippen LogP contribution >= 0.6 is 0 Å². The van der Waals surface area contributed by atoms with Gasteiger partial charge in [0.05, 0.1) is 0 Å². The molecule has 1 unspecified atom stereocenters. The predicted molar refractivity (Wildman–Crippen MR) is 60.5 cm³/mol. The monoisotopic (exact) mass is 228 g/mol. The van der Waals surface area contributed by atoms with E-state index in [9.17, 15) is 8.78 Å². The first-order valence-corrected chi connectivity index (χ1v) is 5.54. The molecule has 0 bridgehead atoms. The molecule has 0 heterocycles. The van der Waals surface area contributed by atoms with Crippen LogP contribution in [0.4, 0.5) is 8.78 Å². The Balaban J connectivity index is 3.02. The minimum Gasteiger partial charge on any atom is -0.271 e. The number of nitrogens with one attached hydrogen (secondary N) is 1. The van der Waals surface area contributed by atoms with Gasteiger partial charge in [-0.25, -0.2) is 8.78 Å². The van der Waals surface area contributed by atoms with Gasteiger partial charge in [-0.15, -0.1) is 0 Å². The second-order valence-electron chi connectivity index (χ2n) is 3.92. The van der Waals surface area contributed by atoms with Gasteiger partial charge in [-0.05, 0) is 23.6 Å². The third kappa shape index (κ3) is 3.00. The van der Waals surface area contributed by atoms with Crippen LogP contribution in [0.25, 0.3) is 0 Å². The van der Waals surface area contributed by atoms with Crippen molar-refractivity contribution in [2.24, 2.45) is 11.8 Å². The highest BCUT2D eigenvalue weighted by Crippen LogP contribution is 2.27. The molecule has 1 rings (SSSR count). The van der Waals surface area contributed by atoms with Gasteiger partial charge in [0.1, 0.15) is 11.6 Å². The highest BCUT2D eigenvalue weighted by Gasteiger charge is 2.20. The molecule has 2 nitrogen and oxygen atoms in total. The molecule has 90 valence electrons. The first-order chi connectivity index (χ1) is 7.62. The molecule has 16 heavy (non-hydrogen) atoms. The molecule has 4 heteroatoms. The molecule has 0 saturated carbocycles. The van der Waals surface area contributed by atoms with Crippen molar-refractivity contribution in [1.29, 1.82) is 0 Å². The number of nitrogens with two attached hydrogens (primary N) is 1. The minimum absolute atomic E-state index is 0.208. The second kappa shape index (κ2) is 5.92. The van der Waals surface area contributed by atoms with E-state index in [1.807, 2.05) is 13.8 Å². The summed E-state index contributed by atoms with van der Waals surface area (Å²) in [5.41, 5.74) is 3.20. The molecule has 0 radical (unpaired) electrons. The average Bonchev–Trinajstić information content (AvgIpc) is 2.24. The molecule has 0 aliphatic heterocycles. The Hall–Kier alpha value is -1.00. The fraction of sp³-hybridized carbons (Fsp3) is 0.500. The third-order valence-electron chi connectivity index (χ3n) is 2.94. The van der Waals surface area contributed by atoms with E-state index in [1.165, 1.54) is 12.1 Å². The highest BCUT2D eigenvalue weighted by atomic mass is 19.1. The van der Waals surface area contributed by atoms with Crippen LogP contribution in [-0.2, 0) is 0 Å². The zero-order valence-corrected chi connectivity index (χ0v) is 9.63. The Morgan fingerprint density at radius 2 is 1.62 bits per heavy atom. The van der Waals surface area contributed by atoms with E-state index < -0.39 is 11.6 Å². The molecule has 1 atom stereocenters. The molecule has 0 aliphatic rings. The molecular formula is C12H18F2N2. The smallest absolute Gasteiger partial charge is 0.126 e. The molecule has 0 fully saturated rings. The minimum atomic E-state index is -0.568. The van der Waals surface area contributed by atoms with Crippen molar-refractivity contribution in [2.75, 3.05) is 0 Å². The lowest BCUT2D eigenvalue weighted by Gasteiger charge is -2.25. The molecule has 0 spiro atoms. The molecule has 3 N–H and O–H groups in total. The fourth-order valence-electron chi connectivity index (χ4n) is 2.02. The maximum Gasteiger partial charge on any atom is 0.126 e. The lowest BCUT2D eigenvalue weighted by Crippen LogP contribution is -2.33. The second-order valence-corrected chi connectivity index (χ2v) is 3.92. The first-order valence-electron chi connectivity index (χ1n) is 5.54. The van der Waals surface area contributed by atoms with Gasteiger partial charge in [-0.2, -0.15) is 0 Å². The Morgan fingerprint density at radius 3 is 2.00 bits per heavy atom. The van der Waals surface area contributed by atoms with Crippen molar-refractivity contribution in [3.8, 4) is 0 Å². The number of rotatable bonds is 5. The fourth-order valence-corrected chi connectivity index (χ4v) is 2.02. The SMILES string of the molecule is CCC(CC)C(NN)c1cc(F)cc(F)c1. The van der Waals surface area contributed by atoms with E-state index in [4.69, 9.17) is 5.84 Å². The summed E-state index contributed by atoms with van der Waals surface area (Å²) in [5, 5.41) is 0. The molecular weight excluding hydrogens is 210 g/mol. The molecule has 0 aromatic heterocycles. The van der Waals surface area contributed by atoms with E-state index >= 15 is 0 Å². The highest BCUT2D eigenvalue weighted by molar-refractivity contribution is 5.22. The molecule has 0 saturated heterocycles. The van der Waals surface area contributed by atoms with Crippen LogP contribution in [0.15, 0.2) is 18.2 Å². The summed E-state index contributed by atoms with van der Waals surface area (Å²) in [6.45, 7) is 4.07. The van der Waals surface area contributed by atoms with Gasteiger partial charge >= 0.3 is 0 Å². The summed E-state index contributed by atoms with van der Waals surface area (Å²) in [5.74, 6) is 4.60. The largest absolute Gasteiger partial charge is 0.271 e. The quantitative estimate of drug-likeness (QED) is 0.600. The van der Waals surface area contributed by atoms with Gasteiger partial charge in [0.25, 0.3) is 0 Å². The lowest BCUT2D eigenvalue weighted by molar-refractivity contribution is 0.343. The number of hydrazine groups is 1. The normalized spacial score (nSPS) is 13.1. The topological polar surface area (TPSA) is 38.0 Å². The number of halogens is 2. The van der Waals surface area contributed by atoms with E-state index in [0.29, 0.717) is 5.56 Å². The maximum atomic E-state index is 13.1. The molecule has 0 aliphatic carbocycles.